The second-order valence-corrected chi connectivity index (χ2v) is 4.14. The largest absolute Gasteiger partial charge is 0.398 e. The van der Waals surface area contributed by atoms with E-state index in [-0.39, 0.29) is 0 Å². The molecule has 0 unspecified atom stereocenters. The minimum atomic E-state index is 0.726. The van der Waals surface area contributed by atoms with E-state index < -0.39 is 0 Å². The highest BCUT2D eigenvalue weighted by atomic mass is 16.5. The van der Waals surface area contributed by atoms with Crippen molar-refractivity contribution in [3.05, 3.63) is 31.0 Å². The lowest BCUT2D eigenvalue weighted by atomic mass is 10.2. The van der Waals surface area contributed by atoms with Gasteiger partial charge in [0.25, 0.3) is 0 Å². The molecule has 5 heteroatoms. The number of hydrogen-bond acceptors (Lipinski definition) is 4. The number of nitrogens with zero attached hydrogens (tertiary/aromatic N) is 3. The van der Waals surface area contributed by atoms with Gasteiger partial charge in [-0.25, -0.2) is 4.98 Å². The molecule has 0 aliphatic heterocycles. The molecule has 2 aromatic rings. The van der Waals surface area contributed by atoms with Crippen LogP contribution in [0.4, 0.5) is 5.69 Å². The molecule has 0 aliphatic carbocycles. The third-order valence-electron chi connectivity index (χ3n) is 2.84. The average Bonchev–Trinajstić information content (AvgIpc) is 2.83. The fourth-order valence-corrected chi connectivity index (χ4v) is 1.87. The predicted molar refractivity (Wildman–Crippen MR) is 71.0 cm³/mol. The Hall–Kier alpha value is -1.88. The zero-order chi connectivity index (χ0) is 12.8. The molecule has 2 N–H and O–H groups in total. The lowest BCUT2D eigenvalue weighted by Gasteiger charge is -2.09. The van der Waals surface area contributed by atoms with Crippen LogP contribution in [0.15, 0.2) is 31.0 Å². The van der Waals surface area contributed by atoms with Crippen molar-refractivity contribution in [2.75, 3.05) is 19.5 Å². The van der Waals surface area contributed by atoms with Crippen molar-refractivity contribution in [3.63, 3.8) is 0 Å². The number of aromatic nitrogens is 3. The van der Waals surface area contributed by atoms with Gasteiger partial charge >= 0.3 is 0 Å². The Morgan fingerprint density at radius 2 is 2.17 bits per heavy atom. The van der Waals surface area contributed by atoms with Gasteiger partial charge in [0.2, 0.25) is 0 Å². The summed E-state index contributed by atoms with van der Waals surface area (Å²) in [7, 11) is 1.72. The van der Waals surface area contributed by atoms with Crippen LogP contribution in [0, 0.1) is 0 Å². The first-order valence-corrected chi connectivity index (χ1v) is 6.02. The Kier molecular flexibility index (Phi) is 4.30. The van der Waals surface area contributed by atoms with E-state index in [9.17, 15) is 0 Å². The molecule has 18 heavy (non-hydrogen) atoms. The maximum absolute atomic E-state index is 5.96. The minimum Gasteiger partial charge on any atom is -0.398 e. The number of pyridine rings is 1. The van der Waals surface area contributed by atoms with Crippen LogP contribution in [0.25, 0.3) is 11.3 Å². The van der Waals surface area contributed by atoms with Gasteiger partial charge in [-0.15, -0.1) is 0 Å². The summed E-state index contributed by atoms with van der Waals surface area (Å²) in [5.74, 6) is 0. The van der Waals surface area contributed by atoms with Crippen LogP contribution in [0.5, 0.6) is 0 Å². The Labute approximate surface area is 107 Å². The van der Waals surface area contributed by atoms with Crippen LogP contribution in [-0.2, 0) is 11.3 Å². The first-order chi connectivity index (χ1) is 8.83. The maximum Gasteiger partial charge on any atom is 0.0950 e. The molecule has 2 heterocycles. The Morgan fingerprint density at radius 3 is 2.94 bits per heavy atom. The Balaban J connectivity index is 2.10. The van der Waals surface area contributed by atoms with Crippen molar-refractivity contribution in [2.45, 2.75) is 19.4 Å². The molecule has 2 aromatic heterocycles. The summed E-state index contributed by atoms with van der Waals surface area (Å²) in [6.45, 7) is 1.70. The number of unbranched alkanes of at least 4 members (excludes halogenated alkanes) is 1. The molecule has 0 amide bonds. The number of rotatable bonds is 6. The average molecular weight is 246 g/mol. The molecule has 0 aromatic carbocycles. The highest BCUT2D eigenvalue weighted by Gasteiger charge is 2.08. The van der Waals surface area contributed by atoms with Gasteiger partial charge in [-0.05, 0) is 18.9 Å². The molecule has 5 nitrogen and oxygen atoms in total. The zero-order valence-corrected chi connectivity index (χ0v) is 10.5. The van der Waals surface area contributed by atoms with E-state index in [0.29, 0.717) is 0 Å². The second-order valence-electron chi connectivity index (χ2n) is 4.14. The van der Waals surface area contributed by atoms with Crippen LogP contribution >= 0.6 is 0 Å². The molecular formula is C13H18N4O. The van der Waals surface area contributed by atoms with E-state index in [0.717, 1.165) is 42.9 Å². The number of imidazole rings is 1. The van der Waals surface area contributed by atoms with E-state index in [2.05, 4.69) is 14.5 Å². The van der Waals surface area contributed by atoms with Gasteiger partial charge in [-0.3, -0.25) is 4.98 Å². The maximum atomic E-state index is 5.96. The van der Waals surface area contributed by atoms with E-state index in [1.54, 1.807) is 25.6 Å². The smallest absolute Gasteiger partial charge is 0.0950 e. The van der Waals surface area contributed by atoms with Crippen LogP contribution < -0.4 is 5.73 Å². The summed E-state index contributed by atoms with van der Waals surface area (Å²) in [6, 6.07) is 1.80. The van der Waals surface area contributed by atoms with E-state index in [4.69, 9.17) is 10.5 Å². The summed E-state index contributed by atoms with van der Waals surface area (Å²) >= 11 is 0. The molecule has 0 bridgehead atoms. The molecule has 0 radical (unpaired) electrons. The zero-order valence-electron chi connectivity index (χ0n) is 10.5. The molecule has 0 atom stereocenters. The van der Waals surface area contributed by atoms with Crippen LogP contribution in [-0.4, -0.2) is 28.3 Å². The molecule has 0 fully saturated rings. The lowest BCUT2D eigenvalue weighted by Crippen LogP contribution is -2.02. The van der Waals surface area contributed by atoms with Crippen molar-refractivity contribution in [2.24, 2.45) is 0 Å². The summed E-state index contributed by atoms with van der Waals surface area (Å²) in [4.78, 5) is 8.30. The van der Waals surface area contributed by atoms with Crippen LogP contribution in [0.3, 0.4) is 0 Å². The van der Waals surface area contributed by atoms with Gasteiger partial charge in [0.15, 0.2) is 0 Å². The fraction of sp³-hybridized carbons (Fsp3) is 0.385. The molecule has 2 rings (SSSR count). The number of methoxy groups -OCH3 is 1. The van der Waals surface area contributed by atoms with Crippen molar-refractivity contribution in [3.8, 4) is 11.3 Å². The topological polar surface area (TPSA) is 66.0 Å². The summed E-state index contributed by atoms with van der Waals surface area (Å²) in [5, 5.41) is 0. The minimum absolute atomic E-state index is 0.726. The van der Waals surface area contributed by atoms with Gasteiger partial charge in [-0.1, -0.05) is 0 Å². The monoisotopic (exact) mass is 246 g/mol. The lowest BCUT2D eigenvalue weighted by molar-refractivity contribution is 0.191. The number of anilines is 1. The Bertz CT molecular complexity index is 495. The van der Waals surface area contributed by atoms with Gasteiger partial charge in [0.1, 0.15) is 0 Å². The normalized spacial score (nSPS) is 10.7. The Morgan fingerprint density at radius 1 is 1.28 bits per heavy atom. The third-order valence-corrected chi connectivity index (χ3v) is 2.84. The van der Waals surface area contributed by atoms with Gasteiger partial charge in [-0.2, -0.15) is 0 Å². The first-order valence-electron chi connectivity index (χ1n) is 6.02. The number of hydrogen-bond donors (Lipinski definition) is 1. The first kappa shape index (κ1) is 12.6. The van der Waals surface area contributed by atoms with Crippen LogP contribution in [0.1, 0.15) is 12.8 Å². The van der Waals surface area contributed by atoms with E-state index in [1.165, 1.54) is 0 Å². The number of nitrogen functional groups attached to an aromatic ring is 1. The van der Waals surface area contributed by atoms with Gasteiger partial charge in [0.05, 0.1) is 18.2 Å². The number of aryl methyl sites for hydroxylation is 1. The molecule has 96 valence electrons. The quantitative estimate of drug-likeness (QED) is 0.791. The van der Waals surface area contributed by atoms with E-state index >= 15 is 0 Å². The molecule has 0 saturated heterocycles. The van der Waals surface area contributed by atoms with Crippen molar-refractivity contribution < 1.29 is 4.74 Å². The van der Waals surface area contributed by atoms with Gasteiger partial charge in [0, 0.05) is 43.9 Å². The summed E-state index contributed by atoms with van der Waals surface area (Å²) in [5.41, 5.74) is 8.63. The SMILES string of the molecule is COCCCCn1cncc1-c1cnccc1N. The van der Waals surface area contributed by atoms with Crippen molar-refractivity contribution in [1.82, 2.24) is 14.5 Å². The van der Waals surface area contributed by atoms with Crippen molar-refractivity contribution >= 4 is 5.69 Å². The third kappa shape index (κ3) is 2.87. The van der Waals surface area contributed by atoms with Crippen molar-refractivity contribution in [1.29, 1.82) is 0 Å². The molecule has 0 aliphatic rings. The second kappa shape index (κ2) is 6.16. The van der Waals surface area contributed by atoms with Crippen LogP contribution in [0.2, 0.25) is 0 Å². The van der Waals surface area contributed by atoms with E-state index in [1.807, 2.05) is 12.5 Å². The highest BCUT2D eigenvalue weighted by Crippen LogP contribution is 2.24. The molecular weight excluding hydrogens is 228 g/mol. The standard InChI is InChI=1S/C13H18N4O/c1-18-7-3-2-6-17-10-16-9-13(17)11-8-15-5-4-12(11)14/h4-5,8-10H,2-3,6-7H2,1H3,(H2,14,15). The highest BCUT2D eigenvalue weighted by molar-refractivity contribution is 5.72. The molecule has 0 saturated carbocycles. The predicted octanol–water partition coefficient (Wildman–Crippen LogP) is 1.95. The number of nitrogens with two attached hydrogens (primary N) is 1. The summed E-state index contributed by atoms with van der Waals surface area (Å²) in [6.07, 6.45) is 9.21. The number of ether oxygens (including phenoxy) is 1. The fourth-order valence-electron chi connectivity index (χ4n) is 1.87. The molecule has 0 spiro atoms. The summed E-state index contributed by atoms with van der Waals surface area (Å²) < 4.78 is 7.14. The van der Waals surface area contributed by atoms with Gasteiger partial charge < -0.3 is 15.0 Å².